The Hall–Kier alpha value is -1.59. The number of rotatable bonds is 3. The number of anilines is 1. The van der Waals surface area contributed by atoms with Gasteiger partial charge in [0, 0.05) is 11.1 Å². The van der Waals surface area contributed by atoms with Crippen molar-refractivity contribution in [2.24, 2.45) is 0 Å². The van der Waals surface area contributed by atoms with Crippen LogP contribution in [0.2, 0.25) is 4.34 Å². The number of carbonyl (C=O) groups excluding carboxylic acids is 1. The Morgan fingerprint density at radius 2 is 2.22 bits per heavy atom. The minimum Gasteiger partial charge on any atom is -0.330 e. The molecule has 0 aliphatic heterocycles. The van der Waals surface area contributed by atoms with Crippen LogP contribution in [0.4, 0.5) is 10.6 Å². The number of urea groups is 1. The van der Waals surface area contributed by atoms with Gasteiger partial charge in [-0.25, -0.2) is 9.78 Å². The number of nitrogens with zero attached hydrogens (tertiary/aromatic N) is 1. The SMILES string of the molecule is C[C@@H](NC(=O)Nc1ccccn1)c1ccc(Cl)s1. The van der Waals surface area contributed by atoms with E-state index in [0.29, 0.717) is 10.2 Å². The van der Waals surface area contributed by atoms with Gasteiger partial charge in [-0.2, -0.15) is 0 Å². The van der Waals surface area contributed by atoms with Gasteiger partial charge in [0.25, 0.3) is 0 Å². The minimum atomic E-state index is -0.286. The highest BCUT2D eigenvalue weighted by atomic mass is 35.5. The van der Waals surface area contributed by atoms with E-state index >= 15 is 0 Å². The Morgan fingerprint density at radius 3 is 2.83 bits per heavy atom. The van der Waals surface area contributed by atoms with Crippen molar-refractivity contribution in [2.45, 2.75) is 13.0 Å². The molecule has 4 nitrogen and oxygen atoms in total. The first-order chi connectivity index (χ1) is 8.65. The smallest absolute Gasteiger partial charge is 0.320 e. The number of pyridine rings is 1. The molecule has 2 rings (SSSR count). The molecule has 0 aliphatic rings. The molecule has 0 spiro atoms. The molecular weight excluding hydrogens is 270 g/mol. The number of hydrogen-bond donors (Lipinski definition) is 2. The second-order valence-corrected chi connectivity index (χ2v) is 5.42. The fourth-order valence-corrected chi connectivity index (χ4v) is 2.48. The Bertz CT molecular complexity index is 529. The van der Waals surface area contributed by atoms with Crippen LogP contribution in [0.5, 0.6) is 0 Å². The van der Waals surface area contributed by atoms with Gasteiger partial charge in [0.1, 0.15) is 5.82 Å². The standard InChI is InChI=1S/C12H12ClN3OS/c1-8(9-5-6-10(13)18-9)15-12(17)16-11-4-2-3-7-14-11/h2-8H,1H3,(H2,14,15,16,17)/t8-/m1/s1. The van der Waals surface area contributed by atoms with Crippen LogP contribution in [-0.2, 0) is 0 Å². The molecule has 0 bridgehead atoms. The van der Waals surface area contributed by atoms with Gasteiger partial charge in [0.2, 0.25) is 0 Å². The van der Waals surface area contributed by atoms with Gasteiger partial charge in [-0.3, -0.25) is 5.32 Å². The molecule has 0 saturated heterocycles. The van der Waals surface area contributed by atoms with Gasteiger partial charge in [-0.1, -0.05) is 17.7 Å². The topological polar surface area (TPSA) is 54.0 Å². The molecular formula is C12H12ClN3OS. The van der Waals surface area contributed by atoms with Crippen molar-refractivity contribution < 1.29 is 4.79 Å². The van der Waals surface area contributed by atoms with Crippen molar-refractivity contribution in [2.75, 3.05) is 5.32 Å². The number of nitrogens with one attached hydrogen (secondary N) is 2. The Balaban J connectivity index is 1.92. The van der Waals surface area contributed by atoms with Gasteiger partial charge in [0.15, 0.2) is 0 Å². The van der Waals surface area contributed by atoms with Crippen molar-refractivity contribution in [3.05, 3.63) is 45.7 Å². The molecule has 0 fully saturated rings. The first kappa shape index (κ1) is 12.9. The second kappa shape index (κ2) is 5.84. The Kier molecular flexibility index (Phi) is 4.17. The third-order valence-corrected chi connectivity index (χ3v) is 3.69. The maximum atomic E-state index is 11.7. The van der Waals surface area contributed by atoms with E-state index in [-0.39, 0.29) is 12.1 Å². The van der Waals surface area contributed by atoms with E-state index in [9.17, 15) is 4.79 Å². The minimum absolute atomic E-state index is 0.0915. The largest absolute Gasteiger partial charge is 0.330 e. The quantitative estimate of drug-likeness (QED) is 0.902. The van der Waals surface area contributed by atoms with Crippen LogP contribution < -0.4 is 10.6 Å². The number of carbonyl (C=O) groups is 1. The van der Waals surface area contributed by atoms with Gasteiger partial charge < -0.3 is 5.32 Å². The van der Waals surface area contributed by atoms with Crippen molar-refractivity contribution in [3.8, 4) is 0 Å². The first-order valence-electron chi connectivity index (χ1n) is 5.39. The zero-order chi connectivity index (χ0) is 13.0. The highest BCUT2D eigenvalue weighted by Gasteiger charge is 2.11. The fourth-order valence-electron chi connectivity index (χ4n) is 1.42. The normalized spacial score (nSPS) is 11.9. The zero-order valence-electron chi connectivity index (χ0n) is 9.68. The van der Waals surface area contributed by atoms with E-state index < -0.39 is 0 Å². The summed E-state index contributed by atoms with van der Waals surface area (Å²) in [7, 11) is 0. The van der Waals surface area contributed by atoms with Crippen molar-refractivity contribution in [3.63, 3.8) is 0 Å². The van der Waals surface area contributed by atoms with E-state index in [2.05, 4.69) is 15.6 Å². The van der Waals surface area contributed by atoms with E-state index in [1.165, 1.54) is 11.3 Å². The van der Waals surface area contributed by atoms with Crippen LogP contribution in [0, 0.1) is 0 Å². The molecule has 6 heteroatoms. The maximum absolute atomic E-state index is 11.7. The molecule has 2 aromatic rings. The molecule has 0 saturated carbocycles. The average molecular weight is 282 g/mol. The summed E-state index contributed by atoms with van der Waals surface area (Å²) in [5.74, 6) is 0.520. The lowest BCUT2D eigenvalue weighted by Crippen LogP contribution is -2.31. The third-order valence-electron chi connectivity index (χ3n) is 2.27. The van der Waals surface area contributed by atoms with Gasteiger partial charge >= 0.3 is 6.03 Å². The summed E-state index contributed by atoms with van der Waals surface area (Å²) in [6.07, 6.45) is 1.62. The first-order valence-corrected chi connectivity index (χ1v) is 6.58. The van der Waals surface area contributed by atoms with Gasteiger partial charge in [-0.15, -0.1) is 11.3 Å². The lowest BCUT2D eigenvalue weighted by molar-refractivity contribution is 0.249. The van der Waals surface area contributed by atoms with Crippen LogP contribution in [0.25, 0.3) is 0 Å². The van der Waals surface area contributed by atoms with E-state index in [4.69, 9.17) is 11.6 Å². The molecule has 2 aromatic heterocycles. The summed E-state index contributed by atoms with van der Waals surface area (Å²) >= 11 is 7.30. The number of amides is 2. The molecule has 18 heavy (non-hydrogen) atoms. The summed E-state index contributed by atoms with van der Waals surface area (Å²) in [4.78, 5) is 16.7. The summed E-state index contributed by atoms with van der Waals surface area (Å²) < 4.78 is 0.712. The molecule has 2 heterocycles. The second-order valence-electron chi connectivity index (χ2n) is 3.68. The van der Waals surface area contributed by atoms with Crippen LogP contribution in [0.15, 0.2) is 36.5 Å². The zero-order valence-corrected chi connectivity index (χ0v) is 11.3. The van der Waals surface area contributed by atoms with Crippen LogP contribution >= 0.6 is 22.9 Å². The molecule has 1 atom stereocenters. The number of halogens is 1. The lowest BCUT2D eigenvalue weighted by Gasteiger charge is -2.12. The fraction of sp³-hybridized carbons (Fsp3) is 0.167. The van der Waals surface area contributed by atoms with Crippen molar-refractivity contribution in [1.82, 2.24) is 10.3 Å². The monoisotopic (exact) mass is 281 g/mol. The molecule has 94 valence electrons. The summed E-state index contributed by atoms with van der Waals surface area (Å²) in [5, 5.41) is 5.48. The average Bonchev–Trinajstić information content (AvgIpc) is 2.77. The van der Waals surface area contributed by atoms with E-state index in [0.717, 1.165) is 4.88 Å². The predicted octanol–water partition coefficient (Wildman–Crippen LogP) is 3.68. The lowest BCUT2D eigenvalue weighted by atomic mass is 10.3. The van der Waals surface area contributed by atoms with Crippen molar-refractivity contribution in [1.29, 1.82) is 0 Å². The molecule has 2 N–H and O–H groups in total. The van der Waals surface area contributed by atoms with E-state index in [1.54, 1.807) is 18.3 Å². The molecule has 0 unspecified atom stereocenters. The maximum Gasteiger partial charge on any atom is 0.320 e. The van der Waals surface area contributed by atoms with Gasteiger partial charge in [0.05, 0.1) is 10.4 Å². The predicted molar refractivity (Wildman–Crippen MR) is 74.1 cm³/mol. The highest BCUT2D eigenvalue weighted by Crippen LogP contribution is 2.26. The van der Waals surface area contributed by atoms with Crippen molar-refractivity contribution >= 4 is 34.8 Å². The molecule has 0 radical (unpaired) electrons. The Labute approximate surface area is 114 Å². The number of hydrogen-bond acceptors (Lipinski definition) is 3. The number of aromatic nitrogens is 1. The van der Waals surface area contributed by atoms with Crippen LogP contribution in [0.1, 0.15) is 17.8 Å². The number of thiophene rings is 1. The summed E-state index contributed by atoms with van der Waals surface area (Å²) in [5.41, 5.74) is 0. The van der Waals surface area contributed by atoms with Crippen LogP contribution in [0.3, 0.4) is 0 Å². The summed E-state index contributed by atoms with van der Waals surface area (Å²) in [6.45, 7) is 1.90. The molecule has 0 aromatic carbocycles. The van der Waals surface area contributed by atoms with Gasteiger partial charge in [-0.05, 0) is 31.2 Å². The van der Waals surface area contributed by atoms with E-state index in [1.807, 2.05) is 25.1 Å². The van der Waals surface area contributed by atoms with Crippen LogP contribution in [-0.4, -0.2) is 11.0 Å². The summed E-state index contributed by atoms with van der Waals surface area (Å²) in [6, 6.07) is 8.67. The molecule has 0 aliphatic carbocycles. The Morgan fingerprint density at radius 1 is 1.39 bits per heavy atom. The highest BCUT2D eigenvalue weighted by molar-refractivity contribution is 7.16. The third kappa shape index (κ3) is 3.45. The molecule has 2 amide bonds.